The van der Waals surface area contributed by atoms with Crippen LogP contribution in [0.5, 0.6) is 5.75 Å². The van der Waals surface area contributed by atoms with Gasteiger partial charge in [0.1, 0.15) is 5.75 Å². The minimum Gasteiger partial charge on any atom is -0.405 e. The number of aromatic nitrogens is 2. The number of hydrogen-bond donors (Lipinski definition) is 1. The number of anilines is 1. The Morgan fingerprint density at radius 1 is 1.21 bits per heavy atom. The molecule has 0 aliphatic carbocycles. The average molecular weight is 404 g/mol. The molecule has 9 heteroatoms. The molecule has 2 unspecified atom stereocenters. The minimum atomic E-state index is -4.87. The normalized spacial score (nSPS) is 21.1. The average Bonchev–Trinajstić information content (AvgIpc) is 3.20. The van der Waals surface area contributed by atoms with Gasteiger partial charge in [0.15, 0.2) is 5.78 Å². The van der Waals surface area contributed by atoms with Crippen LogP contribution in [-0.4, -0.2) is 41.2 Å². The molecule has 2 aliphatic rings. The molecule has 152 valence electrons. The minimum absolute atomic E-state index is 0.0593. The number of benzene rings is 1. The molecule has 0 saturated carbocycles. The molecule has 1 aromatic heterocycles. The second-order valence-electron chi connectivity index (χ2n) is 7.18. The third kappa shape index (κ3) is 3.95. The van der Waals surface area contributed by atoms with E-state index >= 15 is 0 Å². The first-order valence-corrected chi connectivity index (χ1v) is 9.14. The number of carbonyl (C=O) groups excluding carboxylic acids is 1. The summed E-state index contributed by atoms with van der Waals surface area (Å²) in [6.45, 7) is 4.92. The fourth-order valence-corrected chi connectivity index (χ4v) is 3.81. The number of ketones is 1. The van der Waals surface area contributed by atoms with Crippen LogP contribution >= 0.6 is 0 Å². The van der Waals surface area contributed by atoms with Crippen molar-refractivity contribution >= 4 is 11.7 Å². The monoisotopic (exact) mass is 404 g/mol. The lowest BCUT2D eigenvalue weighted by molar-refractivity contribution is -0.274. The number of nitrogens with zero attached hydrogens (tertiary/aromatic N) is 3. The molecule has 2 aromatic rings. The number of fused-ring (bicyclic) bond motifs is 1. The van der Waals surface area contributed by atoms with Gasteiger partial charge in [-0.25, -0.2) is 9.97 Å². The number of para-hydroxylation sites is 1. The molecule has 1 fully saturated rings. The van der Waals surface area contributed by atoms with Crippen molar-refractivity contribution in [1.82, 2.24) is 15.3 Å². The van der Waals surface area contributed by atoms with Crippen molar-refractivity contribution in [1.29, 1.82) is 0 Å². The van der Waals surface area contributed by atoms with Crippen molar-refractivity contribution in [2.75, 3.05) is 18.0 Å². The maximum Gasteiger partial charge on any atom is 0.573 e. The third-order valence-corrected chi connectivity index (χ3v) is 4.96. The van der Waals surface area contributed by atoms with Gasteiger partial charge in [-0.2, -0.15) is 0 Å². The van der Waals surface area contributed by atoms with Gasteiger partial charge in [0, 0.05) is 36.6 Å². The Morgan fingerprint density at radius 3 is 2.59 bits per heavy atom. The summed E-state index contributed by atoms with van der Waals surface area (Å²) in [6.07, 6.45) is -3.04. The summed E-state index contributed by atoms with van der Waals surface area (Å²) < 4.78 is 42.1. The van der Waals surface area contributed by atoms with Crippen LogP contribution in [0.15, 0.2) is 42.1 Å². The second kappa shape index (κ2) is 7.14. The van der Waals surface area contributed by atoms with E-state index in [1.54, 1.807) is 0 Å². The molecule has 2 atom stereocenters. The molecule has 6 nitrogen and oxygen atoms in total. The van der Waals surface area contributed by atoms with E-state index in [9.17, 15) is 18.0 Å². The Kier molecular flexibility index (Phi) is 4.77. The Balaban J connectivity index is 1.62. The Hall–Kier alpha value is -2.94. The summed E-state index contributed by atoms with van der Waals surface area (Å²) in [5.74, 6) is -0.342. The zero-order valence-electron chi connectivity index (χ0n) is 15.8. The molecule has 1 saturated heterocycles. The van der Waals surface area contributed by atoms with E-state index < -0.39 is 23.9 Å². The molecule has 3 heterocycles. The Labute approximate surface area is 165 Å². The smallest absolute Gasteiger partial charge is 0.405 e. The second-order valence-corrected chi connectivity index (χ2v) is 7.18. The van der Waals surface area contributed by atoms with Gasteiger partial charge < -0.3 is 15.0 Å². The number of carbonyl (C=O) groups is 1. The van der Waals surface area contributed by atoms with E-state index in [1.165, 1.54) is 18.2 Å². The van der Waals surface area contributed by atoms with Gasteiger partial charge in [-0.3, -0.25) is 4.79 Å². The SMILES string of the molecule is Cc1cc(C)nc(N2C=C3C(CNC3C(=O)c3ccccc3OC(F)(F)F)C2)n1. The molecule has 1 aromatic carbocycles. The van der Waals surface area contributed by atoms with Crippen LogP contribution in [0.1, 0.15) is 21.7 Å². The number of ether oxygens (including phenoxy) is 1. The van der Waals surface area contributed by atoms with Crippen LogP contribution in [0.4, 0.5) is 19.1 Å². The lowest BCUT2D eigenvalue weighted by Gasteiger charge is -2.17. The highest BCUT2D eigenvalue weighted by molar-refractivity contribution is 6.04. The number of alkyl halides is 3. The van der Waals surface area contributed by atoms with Gasteiger partial charge in [-0.15, -0.1) is 13.2 Å². The van der Waals surface area contributed by atoms with E-state index in [1.807, 2.05) is 31.0 Å². The summed E-state index contributed by atoms with van der Waals surface area (Å²) in [7, 11) is 0. The van der Waals surface area contributed by atoms with E-state index in [2.05, 4.69) is 20.0 Å². The molecule has 4 rings (SSSR count). The fraction of sp³-hybridized carbons (Fsp3) is 0.350. The van der Waals surface area contributed by atoms with Crippen LogP contribution in [0.2, 0.25) is 0 Å². The van der Waals surface area contributed by atoms with Gasteiger partial charge in [-0.05, 0) is 37.6 Å². The predicted octanol–water partition coefficient (Wildman–Crippen LogP) is 3.17. The third-order valence-electron chi connectivity index (χ3n) is 4.96. The summed E-state index contributed by atoms with van der Waals surface area (Å²) in [5.41, 5.74) is 2.39. The van der Waals surface area contributed by atoms with Crippen LogP contribution < -0.4 is 15.0 Å². The lowest BCUT2D eigenvalue weighted by atomic mass is 9.95. The van der Waals surface area contributed by atoms with E-state index in [4.69, 9.17) is 0 Å². The zero-order chi connectivity index (χ0) is 20.8. The Bertz CT molecular complexity index is 970. The van der Waals surface area contributed by atoms with Crippen LogP contribution in [0, 0.1) is 19.8 Å². The van der Waals surface area contributed by atoms with E-state index in [0.29, 0.717) is 19.0 Å². The number of halogens is 3. The van der Waals surface area contributed by atoms with Gasteiger partial charge in [0.05, 0.1) is 11.6 Å². The van der Waals surface area contributed by atoms with Crippen molar-refractivity contribution in [3.8, 4) is 5.75 Å². The Morgan fingerprint density at radius 2 is 1.90 bits per heavy atom. The molecule has 2 aliphatic heterocycles. The molecular formula is C20H19F3N4O2. The van der Waals surface area contributed by atoms with Crippen LogP contribution in [0.3, 0.4) is 0 Å². The molecule has 0 amide bonds. The quantitative estimate of drug-likeness (QED) is 0.790. The van der Waals surface area contributed by atoms with Crippen molar-refractivity contribution < 1.29 is 22.7 Å². The molecule has 1 N–H and O–H groups in total. The molecule has 0 bridgehead atoms. The molecule has 29 heavy (non-hydrogen) atoms. The van der Waals surface area contributed by atoms with Gasteiger partial charge in [-0.1, -0.05) is 12.1 Å². The summed E-state index contributed by atoms with van der Waals surface area (Å²) in [5, 5.41) is 3.12. The largest absolute Gasteiger partial charge is 0.573 e. The number of aryl methyl sites for hydroxylation is 2. The first-order chi connectivity index (χ1) is 13.7. The topological polar surface area (TPSA) is 67.4 Å². The molecule has 0 spiro atoms. The van der Waals surface area contributed by atoms with Crippen LogP contribution in [0.25, 0.3) is 0 Å². The fourth-order valence-electron chi connectivity index (χ4n) is 3.81. The van der Waals surface area contributed by atoms with E-state index in [0.717, 1.165) is 23.0 Å². The maximum absolute atomic E-state index is 13.0. The standard InChI is InChI=1S/C20H19F3N4O2/c1-11-7-12(2)26-19(25-11)27-9-13-8-24-17(15(13)10-27)18(28)14-5-3-4-6-16(14)29-20(21,22)23/h3-7,10,13,17,24H,8-9H2,1-2H3. The summed E-state index contributed by atoms with van der Waals surface area (Å²) in [4.78, 5) is 23.8. The van der Waals surface area contributed by atoms with Crippen molar-refractivity contribution in [3.05, 3.63) is 59.1 Å². The highest BCUT2D eigenvalue weighted by Crippen LogP contribution is 2.34. The highest BCUT2D eigenvalue weighted by Gasteiger charge is 2.41. The van der Waals surface area contributed by atoms with Gasteiger partial charge in [0.25, 0.3) is 0 Å². The summed E-state index contributed by atoms with van der Waals surface area (Å²) in [6, 6.07) is 6.57. The van der Waals surface area contributed by atoms with Crippen molar-refractivity contribution in [2.24, 2.45) is 5.92 Å². The predicted molar refractivity (Wildman–Crippen MR) is 99.7 cm³/mol. The zero-order valence-corrected chi connectivity index (χ0v) is 15.8. The number of Topliss-reactive ketones (excluding diaryl/α,β-unsaturated/α-hetero) is 1. The van der Waals surface area contributed by atoms with E-state index in [-0.39, 0.29) is 11.5 Å². The first-order valence-electron chi connectivity index (χ1n) is 9.14. The lowest BCUT2D eigenvalue weighted by Crippen LogP contribution is -2.33. The maximum atomic E-state index is 13.0. The molecular weight excluding hydrogens is 385 g/mol. The van der Waals surface area contributed by atoms with Crippen LogP contribution in [-0.2, 0) is 0 Å². The van der Waals surface area contributed by atoms with Gasteiger partial charge in [0.2, 0.25) is 5.95 Å². The highest BCUT2D eigenvalue weighted by atomic mass is 19.4. The van der Waals surface area contributed by atoms with Crippen molar-refractivity contribution in [3.63, 3.8) is 0 Å². The number of rotatable bonds is 4. The first kappa shape index (κ1) is 19.4. The number of nitrogens with one attached hydrogen (secondary N) is 1. The summed E-state index contributed by atoms with van der Waals surface area (Å²) >= 11 is 0. The molecule has 0 radical (unpaired) electrons. The number of hydrogen-bond acceptors (Lipinski definition) is 6. The van der Waals surface area contributed by atoms with Crippen molar-refractivity contribution in [2.45, 2.75) is 26.3 Å². The van der Waals surface area contributed by atoms with Gasteiger partial charge >= 0.3 is 6.36 Å².